The minimum atomic E-state index is -4.46. The van der Waals surface area contributed by atoms with Crippen molar-refractivity contribution in [1.82, 2.24) is 0 Å². The van der Waals surface area contributed by atoms with Gasteiger partial charge in [-0.25, -0.2) is 0 Å². The Bertz CT molecular complexity index is 422. The maximum atomic E-state index is 10.7. The van der Waals surface area contributed by atoms with E-state index >= 15 is 0 Å². The molecular formula is C6H5Cl2NaO4S. The zero-order chi connectivity index (χ0) is 10.2. The third-order valence-corrected chi connectivity index (χ3v) is 3.02. The van der Waals surface area contributed by atoms with Crippen LogP contribution in [0.2, 0.25) is 10.0 Å². The van der Waals surface area contributed by atoms with E-state index < -0.39 is 15.0 Å². The van der Waals surface area contributed by atoms with E-state index in [1.54, 1.807) is 0 Å². The van der Waals surface area contributed by atoms with Crippen LogP contribution in [0.1, 0.15) is 0 Å². The van der Waals surface area contributed by atoms with Gasteiger partial charge in [-0.15, -0.1) is 0 Å². The summed E-state index contributed by atoms with van der Waals surface area (Å²) in [5.41, 5.74) is 0. The second-order valence-electron chi connectivity index (χ2n) is 2.21. The molecule has 1 aromatic carbocycles. The first kappa shape index (κ1) is 14.5. The molecule has 1 aromatic rings. The number of aromatic hydroxyl groups is 1. The molecule has 0 atom stereocenters. The van der Waals surface area contributed by atoms with Crippen molar-refractivity contribution in [3.8, 4) is 5.75 Å². The van der Waals surface area contributed by atoms with Gasteiger partial charge in [0, 0.05) is 12.1 Å². The number of hydrogen-bond acceptors (Lipinski definition) is 3. The van der Waals surface area contributed by atoms with Gasteiger partial charge in [0.15, 0.2) is 0 Å². The third-order valence-electron chi connectivity index (χ3n) is 1.24. The topological polar surface area (TPSA) is 74.6 Å². The fourth-order valence-electron chi connectivity index (χ4n) is 0.793. The Kier molecular flexibility index (Phi) is 5.21. The first-order valence-corrected chi connectivity index (χ1v) is 5.17. The molecule has 0 bridgehead atoms. The molecule has 0 saturated heterocycles. The first-order valence-electron chi connectivity index (χ1n) is 2.98. The average molecular weight is 267 g/mol. The number of hydrogen-bond donors (Lipinski definition) is 2. The molecule has 0 spiro atoms. The molecule has 0 amide bonds. The van der Waals surface area contributed by atoms with Gasteiger partial charge in [0.2, 0.25) is 0 Å². The zero-order valence-corrected chi connectivity index (χ0v) is 8.36. The van der Waals surface area contributed by atoms with Gasteiger partial charge in [-0.2, -0.15) is 8.42 Å². The Hall–Kier alpha value is 0.510. The minimum absolute atomic E-state index is 0. The van der Waals surface area contributed by atoms with Crippen LogP contribution in [-0.4, -0.2) is 47.6 Å². The monoisotopic (exact) mass is 266 g/mol. The Morgan fingerprint density at radius 2 is 1.50 bits per heavy atom. The summed E-state index contributed by atoms with van der Waals surface area (Å²) >= 11 is 10.9. The van der Waals surface area contributed by atoms with Crippen molar-refractivity contribution < 1.29 is 18.1 Å². The summed E-state index contributed by atoms with van der Waals surface area (Å²) in [4.78, 5) is -0.603. The molecule has 1 rings (SSSR count). The van der Waals surface area contributed by atoms with Crippen LogP contribution in [0.3, 0.4) is 0 Å². The second-order valence-corrected chi connectivity index (χ2v) is 4.39. The molecule has 4 nitrogen and oxygen atoms in total. The fraction of sp³-hybridized carbons (Fsp3) is 0. The number of benzene rings is 1. The van der Waals surface area contributed by atoms with Crippen LogP contribution in [0.4, 0.5) is 0 Å². The van der Waals surface area contributed by atoms with Crippen molar-refractivity contribution in [2.45, 2.75) is 4.90 Å². The predicted octanol–water partition coefficient (Wildman–Crippen LogP) is 1.30. The number of halogens is 2. The molecule has 14 heavy (non-hydrogen) atoms. The molecule has 0 unspecified atom stereocenters. The first-order chi connectivity index (χ1) is 5.82. The van der Waals surface area contributed by atoms with Crippen molar-refractivity contribution in [3.63, 3.8) is 0 Å². The summed E-state index contributed by atoms with van der Waals surface area (Å²) < 4.78 is 30.0. The summed E-state index contributed by atoms with van der Waals surface area (Å²) in [7, 11) is -4.46. The van der Waals surface area contributed by atoms with Crippen LogP contribution in [0.25, 0.3) is 0 Å². The van der Waals surface area contributed by atoms with Gasteiger partial charge in [0.25, 0.3) is 10.1 Å². The maximum absolute atomic E-state index is 10.7. The van der Waals surface area contributed by atoms with Crippen molar-refractivity contribution in [3.05, 3.63) is 22.2 Å². The molecule has 74 valence electrons. The molecule has 0 aliphatic heterocycles. The molecule has 0 aliphatic carbocycles. The summed E-state index contributed by atoms with van der Waals surface area (Å²) in [5, 5.41) is 8.29. The fourth-order valence-corrected chi connectivity index (χ4v) is 2.46. The van der Waals surface area contributed by atoms with Crippen molar-refractivity contribution in [1.29, 1.82) is 0 Å². The SMILES string of the molecule is O=S(=O)(O)c1c(Cl)cc(O)cc1Cl.[NaH]. The van der Waals surface area contributed by atoms with Gasteiger partial charge in [-0.1, -0.05) is 23.2 Å². The Labute approximate surface area is 113 Å². The van der Waals surface area contributed by atoms with Crippen molar-refractivity contribution in [2.24, 2.45) is 0 Å². The van der Waals surface area contributed by atoms with Crippen LogP contribution in [0.5, 0.6) is 5.75 Å². The number of rotatable bonds is 1. The van der Waals surface area contributed by atoms with Crippen LogP contribution in [0.15, 0.2) is 17.0 Å². The van der Waals surface area contributed by atoms with E-state index in [4.69, 9.17) is 32.9 Å². The zero-order valence-electron chi connectivity index (χ0n) is 6.03. The van der Waals surface area contributed by atoms with Crippen LogP contribution >= 0.6 is 23.2 Å². The van der Waals surface area contributed by atoms with Gasteiger partial charge < -0.3 is 5.11 Å². The summed E-state index contributed by atoms with van der Waals surface area (Å²) in [5.74, 6) is -0.276. The van der Waals surface area contributed by atoms with E-state index in [0.29, 0.717) is 0 Å². The normalized spacial score (nSPS) is 10.8. The molecule has 0 radical (unpaired) electrons. The second kappa shape index (κ2) is 5.03. The Morgan fingerprint density at radius 1 is 1.14 bits per heavy atom. The van der Waals surface area contributed by atoms with E-state index in [9.17, 15) is 8.42 Å². The molecule has 0 saturated carbocycles. The van der Waals surface area contributed by atoms with Gasteiger partial charge in [-0.3, -0.25) is 4.55 Å². The quantitative estimate of drug-likeness (QED) is 0.594. The average Bonchev–Trinajstić information content (AvgIpc) is 1.78. The van der Waals surface area contributed by atoms with Crippen LogP contribution < -0.4 is 0 Å². The summed E-state index contributed by atoms with van der Waals surface area (Å²) in [6, 6.07) is 1.94. The Morgan fingerprint density at radius 3 is 1.79 bits per heavy atom. The van der Waals surface area contributed by atoms with E-state index in [-0.39, 0.29) is 45.4 Å². The predicted molar refractivity (Wildman–Crippen MR) is 55.1 cm³/mol. The summed E-state index contributed by atoms with van der Waals surface area (Å²) in [6.07, 6.45) is 0. The van der Waals surface area contributed by atoms with E-state index in [1.807, 2.05) is 0 Å². The van der Waals surface area contributed by atoms with Crippen molar-refractivity contribution in [2.75, 3.05) is 0 Å². The number of phenols is 1. The van der Waals surface area contributed by atoms with Crippen molar-refractivity contribution >= 4 is 62.9 Å². The van der Waals surface area contributed by atoms with Gasteiger partial charge in [-0.05, 0) is 0 Å². The van der Waals surface area contributed by atoms with Crippen LogP contribution in [0, 0.1) is 0 Å². The van der Waals surface area contributed by atoms with Crippen LogP contribution in [-0.2, 0) is 10.1 Å². The molecule has 0 heterocycles. The van der Waals surface area contributed by atoms with E-state index in [2.05, 4.69) is 0 Å². The van der Waals surface area contributed by atoms with Gasteiger partial charge in [0.05, 0.1) is 10.0 Å². The molecular weight excluding hydrogens is 262 g/mol. The van der Waals surface area contributed by atoms with Gasteiger partial charge >= 0.3 is 29.6 Å². The number of phenolic OH excluding ortho intramolecular Hbond substituents is 1. The van der Waals surface area contributed by atoms with Gasteiger partial charge in [0.1, 0.15) is 10.6 Å². The molecule has 0 fully saturated rings. The Balaban J connectivity index is 0.00000169. The molecule has 2 N–H and O–H groups in total. The van der Waals surface area contributed by atoms with E-state index in [0.717, 1.165) is 12.1 Å². The van der Waals surface area contributed by atoms with E-state index in [1.165, 1.54) is 0 Å². The summed E-state index contributed by atoms with van der Waals surface area (Å²) in [6.45, 7) is 0. The standard InChI is InChI=1S/C6H4Cl2O4S.Na.H/c7-4-1-3(9)2-5(8)6(4)13(10,11)12;;/h1-2,9H,(H,10,11,12);;. The molecule has 0 aromatic heterocycles. The molecule has 8 heteroatoms. The third kappa shape index (κ3) is 3.27. The molecule has 0 aliphatic rings.